The molecule has 0 radical (unpaired) electrons. The molecule has 8 nitrogen and oxygen atoms in total. The van der Waals surface area contributed by atoms with Crippen LogP contribution >= 0.6 is 0 Å². The van der Waals surface area contributed by atoms with Crippen LogP contribution in [-0.4, -0.2) is 38.6 Å². The van der Waals surface area contributed by atoms with E-state index in [1.807, 2.05) is 0 Å². The molecule has 1 fully saturated rings. The van der Waals surface area contributed by atoms with Crippen molar-refractivity contribution in [1.82, 2.24) is 15.3 Å². The van der Waals surface area contributed by atoms with Gasteiger partial charge in [0, 0.05) is 6.54 Å². The van der Waals surface area contributed by atoms with Crippen molar-refractivity contribution in [2.24, 2.45) is 0 Å². The van der Waals surface area contributed by atoms with Crippen molar-refractivity contribution in [2.45, 2.75) is 58.3 Å². The zero-order valence-electron chi connectivity index (χ0n) is 12.4. The molecule has 1 aromatic heterocycles. The molecule has 2 rings (SSSR count). The van der Waals surface area contributed by atoms with E-state index in [9.17, 15) is 15.2 Å². The molecule has 0 spiro atoms. The first-order valence-corrected chi connectivity index (χ1v) is 7.24. The van der Waals surface area contributed by atoms with Gasteiger partial charge < -0.3 is 5.11 Å². The minimum Gasteiger partial charge on any atom is -0.390 e. The molecule has 0 aromatic carbocycles. The minimum absolute atomic E-state index is 0.0114. The van der Waals surface area contributed by atoms with Crippen molar-refractivity contribution >= 4 is 5.69 Å². The van der Waals surface area contributed by atoms with Gasteiger partial charge in [-0.1, -0.05) is 12.8 Å². The Labute approximate surface area is 123 Å². The fourth-order valence-electron chi connectivity index (χ4n) is 2.66. The van der Waals surface area contributed by atoms with Crippen molar-refractivity contribution < 1.29 is 14.9 Å². The molecule has 21 heavy (non-hydrogen) atoms. The molecule has 1 aliphatic carbocycles. The summed E-state index contributed by atoms with van der Waals surface area (Å²) in [5.74, 6) is 0. The molecule has 0 amide bonds. The molecule has 1 atom stereocenters. The summed E-state index contributed by atoms with van der Waals surface area (Å²) < 4.78 is 1.47. The highest BCUT2D eigenvalue weighted by Gasteiger charge is 2.23. The number of aliphatic hydroxyl groups excluding tert-OH is 1. The Kier molecular flexibility index (Phi) is 5.27. The van der Waals surface area contributed by atoms with E-state index in [1.54, 1.807) is 13.8 Å². The maximum Gasteiger partial charge on any atom is 0.312 e. The summed E-state index contributed by atoms with van der Waals surface area (Å²) in [6.45, 7) is 3.69. The molecule has 8 heteroatoms. The lowest BCUT2D eigenvalue weighted by molar-refractivity contribution is -0.386. The van der Waals surface area contributed by atoms with Crippen LogP contribution < -0.4 is 5.48 Å². The normalized spacial score (nSPS) is 17.3. The van der Waals surface area contributed by atoms with Crippen LogP contribution in [0.25, 0.3) is 0 Å². The lowest BCUT2D eigenvalue weighted by Gasteiger charge is -2.15. The van der Waals surface area contributed by atoms with Gasteiger partial charge in [0.25, 0.3) is 0 Å². The number of hydroxylamine groups is 1. The van der Waals surface area contributed by atoms with Gasteiger partial charge in [0.15, 0.2) is 0 Å². The smallest absolute Gasteiger partial charge is 0.312 e. The molecule has 1 saturated carbocycles. The standard InChI is InChI=1S/C13H22N4O4/c1-9-13(17(19)20)10(2)16(15-9)8-11(18)7-14-21-12-5-3-4-6-12/h11-12,14,18H,3-8H2,1-2H3. The fraction of sp³-hybridized carbons (Fsp3) is 0.769. The zero-order valence-corrected chi connectivity index (χ0v) is 12.4. The van der Waals surface area contributed by atoms with Gasteiger partial charge in [0.05, 0.1) is 23.7 Å². The van der Waals surface area contributed by atoms with Gasteiger partial charge >= 0.3 is 5.69 Å². The number of nitro groups is 1. The summed E-state index contributed by atoms with van der Waals surface area (Å²) in [6, 6.07) is 0. The maximum absolute atomic E-state index is 10.9. The summed E-state index contributed by atoms with van der Waals surface area (Å²) in [5.41, 5.74) is 3.61. The summed E-state index contributed by atoms with van der Waals surface area (Å²) in [6.07, 6.45) is 3.98. The number of aromatic nitrogens is 2. The van der Waals surface area contributed by atoms with Crippen molar-refractivity contribution in [1.29, 1.82) is 0 Å². The van der Waals surface area contributed by atoms with Crippen molar-refractivity contribution in [3.05, 3.63) is 21.5 Å². The number of nitrogens with zero attached hydrogens (tertiary/aromatic N) is 3. The summed E-state index contributed by atoms with van der Waals surface area (Å²) in [4.78, 5) is 15.9. The molecule has 118 valence electrons. The number of hydrogen-bond donors (Lipinski definition) is 2. The molecular weight excluding hydrogens is 276 g/mol. The number of aryl methyl sites for hydroxylation is 1. The summed E-state index contributed by atoms with van der Waals surface area (Å²) in [5, 5.41) is 25.0. The number of nitrogens with one attached hydrogen (secondary N) is 1. The Bertz CT molecular complexity index is 497. The minimum atomic E-state index is -0.719. The third kappa shape index (κ3) is 3.99. The Balaban J connectivity index is 1.83. The lowest BCUT2D eigenvalue weighted by Crippen LogP contribution is -2.33. The quantitative estimate of drug-likeness (QED) is 0.580. The van der Waals surface area contributed by atoms with Gasteiger partial charge in [-0.25, -0.2) is 0 Å². The first-order valence-electron chi connectivity index (χ1n) is 7.24. The van der Waals surface area contributed by atoms with Crippen LogP contribution in [0, 0.1) is 24.0 Å². The molecule has 1 aromatic rings. The van der Waals surface area contributed by atoms with Crippen molar-refractivity contribution in [3.63, 3.8) is 0 Å². The van der Waals surface area contributed by atoms with Gasteiger partial charge in [-0.2, -0.15) is 10.6 Å². The van der Waals surface area contributed by atoms with Crippen LogP contribution in [0.15, 0.2) is 0 Å². The second-order valence-corrected chi connectivity index (χ2v) is 5.49. The molecule has 0 saturated heterocycles. The largest absolute Gasteiger partial charge is 0.390 e. The number of hydrogen-bond acceptors (Lipinski definition) is 6. The van der Waals surface area contributed by atoms with Crippen LogP contribution in [0.3, 0.4) is 0 Å². The Morgan fingerprint density at radius 1 is 1.52 bits per heavy atom. The SMILES string of the molecule is Cc1nn(CC(O)CNOC2CCCC2)c(C)c1[N+](=O)[O-]. The van der Waals surface area contributed by atoms with E-state index < -0.39 is 11.0 Å². The van der Waals surface area contributed by atoms with E-state index in [0.29, 0.717) is 11.4 Å². The molecular formula is C13H22N4O4. The highest BCUT2D eigenvalue weighted by molar-refractivity contribution is 5.39. The summed E-state index contributed by atoms with van der Waals surface area (Å²) >= 11 is 0. The molecule has 1 aliphatic rings. The second-order valence-electron chi connectivity index (χ2n) is 5.49. The highest BCUT2D eigenvalue weighted by atomic mass is 16.7. The van der Waals surface area contributed by atoms with Crippen LogP contribution in [0.2, 0.25) is 0 Å². The second kappa shape index (κ2) is 6.97. The topological polar surface area (TPSA) is 102 Å². The third-order valence-electron chi connectivity index (χ3n) is 3.78. The molecule has 1 heterocycles. The van der Waals surface area contributed by atoms with E-state index in [0.717, 1.165) is 12.8 Å². The van der Waals surface area contributed by atoms with Crippen LogP contribution in [0.1, 0.15) is 37.1 Å². The molecule has 0 bridgehead atoms. The van der Waals surface area contributed by atoms with Crippen LogP contribution in [0.4, 0.5) is 5.69 Å². The van der Waals surface area contributed by atoms with E-state index in [1.165, 1.54) is 17.5 Å². The monoisotopic (exact) mass is 298 g/mol. The maximum atomic E-state index is 10.9. The molecule has 0 aliphatic heterocycles. The van der Waals surface area contributed by atoms with Gasteiger partial charge in [0.1, 0.15) is 11.4 Å². The molecule has 1 unspecified atom stereocenters. The van der Waals surface area contributed by atoms with Crippen LogP contribution in [-0.2, 0) is 11.4 Å². The summed E-state index contributed by atoms with van der Waals surface area (Å²) in [7, 11) is 0. The Morgan fingerprint density at radius 2 is 2.19 bits per heavy atom. The van der Waals surface area contributed by atoms with Gasteiger partial charge in [-0.05, 0) is 26.7 Å². The first kappa shape index (κ1) is 15.9. The average Bonchev–Trinajstić information content (AvgIpc) is 2.99. The van der Waals surface area contributed by atoms with Crippen LogP contribution in [0.5, 0.6) is 0 Å². The predicted molar refractivity (Wildman–Crippen MR) is 75.7 cm³/mol. The highest BCUT2D eigenvalue weighted by Crippen LogP contribution is 2.22. The van der Waals surface area contributed by atoms with Gasteiger partial charge in [-0.3, -0.25) is 19.6 Å². The van der Waals surface area contributed by atoms with E-state index >= 15 is 0 Å². The van der Waals surface area contributed by atoms with Crippen molar-refractivity contribution in [3.8, 4) is 0 Å². The Morgan fingerprint density at radius 3 is 2.76 bits per heavy atom. The van der Waals surface area contributed by atoms with Gasteiger partial charge in [-0.15, -0.1) is 0 Å². The van der Waals surface area contributed by atoms with E-state index in [2.05, 4.69) is 10.6 Å². The average molecular weight is 298 g/mol. The Hall–Kier alpha value is -1.51. The first-order chi connectivity index (χ1) is 9.99. The zero-order chi connectivity index (χ0) is 15.4. The number of rotatable bonds is 7. The van der Waals surface area contributed by atoms with E-state index in [4.69, 9.17) is 4.84 Å². The predicted octanol–water partition coefficient (Wildman–Crippen LogP) is 1.23. The lowest BCUT2D eigenvalue weighted by atomic mass is 10.3. The van der Waals surface area contributed by atoms with E-state index in [-0.39, 0.29) is 24.9 Å². The fourth-order valence-corrected chi connectivity index (χ4v) is 2.66. The van der Waals surface area contributed by atoms with Gasteiger partial charge in [0.2, 0.25) is 0 Å². The van der Waals surface area contributed by atoms with Crippen molar-refractivity contribution in [2.75, 3.05) is 6.54 Å². The number of aliphatic hydroxyl groups is 1. The third-order valence-corrected chi connectivity index (χ3v) is 3.78. The molecule has 2 N–H and O–H groups in total.